The highest BCUT2D eigenvalue weighted by Gasteiger charge is 2.29. The Morgan fingerprint density at radius 3 is 2.80 bits per heavy atom. The highest BCUT2D eigenvalue weighted by Crippen LogP contribution is 2.28. The molecule has 0 bridgehead atoms. The number of para-hydroxylation sites is 1. The Labute approximate surface area is 123 Å². The van der Waals surface area contributed by atoms with Gasteiger partial charge in [-0.2, -0.15) is 5.10 Å². The number of aliphatic hydroxyl groups is 1. The molecule has 1 heterocycles. The Balaban J connectivity index is 1.94. The van der Waals surface area contributed by atoms with Crippen molar-refractivity contribution in [1.82, 2.24) is 14.8 Å². The molecule has 0 aliphatic heterocycles. The summed E-state index contributed by atoms with van der Waals surface area (Å²) in [6, 6.07) is 7.29. The van der Waals surface area contributed by atoms with Gasteiger partial charge in [-0.15, -0.1) is 0 Å². The molecule has 1 aromatic carbocycles. The van der Waals surface area contributed by atoms with Crippen molar-refractivity contribution < 1.29 is 9.84 Å². The van der Waals surface area contributed by atoms with E-state index in [1.165, 1.54) is 6.33 Å². The Morgan fingerprint density at radius 2 is 2.15 bits per heavy atom. The minimum absolute atomic E-state index is 0.354. The molecule has 108 valence electrons. The van der Waals surface area contributed by atoms with Gasteiger partial charge in [-0.05, 0) is 12.1 Å². The molecule has 2 rings (SSSR count). The van der Waals surface area contributed by atoms with Crippen LogP contribution in [0, 0.1) is 5.41 Å². The summed E-state index contributed by atoms with van der Waals surface area (Å²) in [5, 5.41) is 14.8. The van der Waals surface area contributed by atoms with E-state index in [9.17, 15) is 5.11 Å². The van der Waals surface area contributed by atoms with E-state index < -0.39 is 11.5 Å². The minimum Gasteiger partial charge on any atom is -0.491 e. The summed E-state index contributed by atoms with van der Waals surface area (Å²) in [5.41, 5.74) is -0.439. The average Bonchev–Trinajstić information content (AvgIpc) is 2.90. The highest BCUT2D eigenvalue weighted by molar-refractivity contribution is 6.32. The summed E-state index contributed by atoms with van der Waals surface area (Å²) < 4.78 is 7.30. The lowest BCUT2D eigenvalue weighted by atomic mass is 9.87. The molecule has 0 radical (unpaired) electrons. The SMILES string of the molecule is CC(C)(COc1ccccc1Cl)C(O)Cn1cncn1. The first kappa shape index (κ1) is 14.8. The van der Waals surface area contributed by atoms with E-state index in [0.29, 0.717) is 23.9 Å². The molecule has 0 saturated heterocycles. The van der Waals surface area contributed by atoms with Crippen molar-refractivity contribution >= 4 is 11.6 Å². The second kappa shape index (κ2) is 6.24. The van der Waals surface area contributed by atoms with E-state index in [1.54, 1.807) is 17.1 Å². The zero-order valence-corrected chi connectivity index (χ0v) is 12.3. The van der Waals surface area contributed by atoms with E-state index in [4.69, 9.17) is 16.3 Å². The van der Waals surface area contributed by atoms with Crippen molar-refractivity contribution in [1.29, 1.82) is 0 Å². The van der Waals surface area contributed by atoms with Gasteiger partial charge in [-0.3, -0.25) is 4.68 Å². The maximum atomic E-state index is 10.3. The zero-order valence-electron chi connectivity index (χ0n) is 11.5. The topological polar surface area (TPSA) is 60.2 Å². The fourth-order valence-corrected chi connectivity index (χ4v) is 1.86. The van der Waals surface area contributed by atoms with Gasteiger partial charge in [0.15, 0.2) is 0 Å². The number of benzene rings is 1. The third kappa shape index (κ3) is 3.71. The smallest absolute Gasteiger partial charge is 0.137 e. The zero-order chi connectivity index (χ0) is 14.6. The Morgan fingerprint density at radius 1 is 1.40 bits per heavy atom. The molecule has 1 aromatic heterocycles. The molecule has 1 unspecified atom stereocenters. The van der Waals surface area contributed by atoms with Crippen molar-refractivity contribution in [2.75, 3.05) is 6.61 Å². The third-order valence-electron chi connectivity index (χ3n) is 3.16. The maximum Gasteiger partial charge on any atom is 0.137 e. The molecule has 0 spiro atoms. The summed E-state index contributed by atoms with van der Waals surface area (Å²) in [6.45, 7) is 4.60. The van der Waals surface area contributed by atoms with Crippen LogP contribution in [0.15, 0.2) is 36.9 Å². The van der Waals surface area contributed by atoms with Gasteiger partial charge in [-0.25, -0.2) is 4.98 Å². The molecule has 6 heteroatoms. The predicted molar refractivity (Wildman–Crippen MR) is 76.8 cm³/mol. The van der Waals surface area contributed by atoms with Crippen LogP contribution in [0.3, 0.4) is 0 Å². The van der Waals surface area contributed by atoms with E-state index >= 15 is 0 Å². The van der Waals surface area contributed by atoms with Gasteiger partial charge in [0.2, 0.25) is 0 Å². The quantitative estimate of drug-likeness (QED) is 0.889. The van der Waals surface area contributed by atoms with Crippen LogP contribution in [0.1, 0.15) is 13.8 Å². The molecule has 1 atom stereocenters. The number of hydrogen-bond donors (Lipinski definition) is 1. The van der Waals surface area contributed by atoms with Crippen molar-refractivity contribution in [3.63, 3.8) is 0 Å². The molecule has 0 aliphatic carbocycles. The fourth-order valence-electron chi connectivity index (χ4n) is 1.67. The first-order valence-corrected chi connectivity index (χ1v) is 6.74. The lowest BCUT2D eigenvalue weighted by molar-refractivity contribution is 0.00246. The van der Waals surface area contributed by atoms with Gasteiger partial charge >= 0.3 is 0 Å². The van der Waals surface area contributed by atoms with Crippen molar-refractivity contribution in [3.05, 3.63) is 41.9 Å². The number of hydrogen-bond acceptors (Lipinski definition) is 4. The normalized spacial score (nSPS) is 13.2. The standard InChI is InChI=1S/C14H18ClN3O2/c1-14(2,13(19)7-18-10-16-9-17-18)8-20-12-6-4-3-5-11(12)15/h3-6,9-10,13,19H,7-8H2,1-2H3. The number of ether oxygens (including phenoxy) is 1. The second-order valence-corrected chi connectivity index (χ2v) is 5.75. The molecular formula is C14H18ClN3O2. The predicted octanol–water partition coefficient (Wildman–Crippen LogP) is 2.40. The lowest BCUT2D eigenvalue weighted by Gasteiger charge is -2.30. The van der Waals surface area contributed by atoms with E-state index in [-0.39, 0.29) is 0 Å². The summed E-state index contributed by atoms with van der Waals surface area (Å²) >= 11 is 6.04. The van der Waals surface area contributed by atoms with Crippen LogP contribution >= 0.6 is 11.6 Å². The number of aliphatic hydroxyl groups excluding tert-OH is 1. The van der Waals surface area contributed by atoms with Crippen LogP contribution in [0.2, 0.25) is 5.02 Å². The van der Waals surface area contributed by atoms with Gasteiger partial charge in [-0.1, -0.05) is 37.6 Å². The maximum absolute atomic E-state index is 10.3. The molecule has 2 aromatic rings. The first-order chi connectivity index (χ1) is 9.49. The second-order valence-electron chi connectivity index (χ2n) is 5.34. The number of aromatic nitrogens is 3. The summed E-state index contributed by atoms with van der Waals surface area (Å²) in [6.07, 6.45) is 2.42. The molecule has 0 amide bonds. The molecule has 0 aliphatic rings. The summed E-state index contributed by atoms with van der Waals surface area (Å²) in [4.78, 5) is 3.85. The van der Waals surface area contributed by atoms with E-state index in [1.807, 2.05) is 32.0 Å². The molecule has 0 fully saturated rings. The van der Waals surface area contributed by atoms with Crippen LogP contribution in [-0.2, 0) is 6.54 Å². The highest BCUT2D eigenvalue weighted by atomic mass is 35.5. The van der Waals surface area contributed by atoms with Gasteiger partial charge in [0.25, 0.3) is 0 Å². The van der Waals surface area contributed by atoms with Gasteiger partial charge in [0.1, 0.15) is 18.4 Å². The van der Waals surface area contributed by atoms with E-state index in [2.05, 4.69) is 10.1 Å². The number of nitrogens with zero attached hydrogens (tertiary/aromatic N) is 3. The van der Waals surface area contributed by atoms with Crippen molar-refractivity contribution in [2.45, 2.75) is 26.5 Å². The molecular weight excluding hydrogens is 278 g/mol. The summed E-state index contributed by atoms with van der Waals surface area (Å²) in [5.74, 6) is 0.621. The van der Waals surface area contributed by atoms with Crippen LogP contribution in [0.5, 0.6) is 5.75 Å². The summed E-state index contributed by atoms with van der Waals surface area (Å²) in [7, 11) is 0. The Hall–Kier alpha value is -1.59. The molecule has 1 N–H and O–H groups in total. The van der Waals surface area contributed by atoms with E-state index in [0.717, 1.165) is 0 Å². The van der Waals surface area contributed by atoms with Crippen LogP contribution in [0.25, 0.3) is 0 Å². The molecule has 20 heavy (non-hydrogen) atoms. The Bertz CT molecular complexity index is 543. The average molecular weight is 296 g/mol. The first-order valence-electron chi connectivity index (χ1n) is 6.37. The largest absolute Gasteiger partial charge is 0.491 e. The van der Waals surface area contributed by atoms with Crippen LogP contribution in [-0.4, -0.2) is 32.6 Å². The monoisotopic (exact) mass is 295 g/mol. The fraction of sp³-hybridized carbons (Fsp3) is 0.429. The number of halogens is 1. The van der Waals surface area contributed by atoms with Gasteiger partial charge in [0, 0.05) is 5.41 Å². The van der Waals surface area contributed by atoms with Crippen LogP contribution < -0.4 is 4.74 Å². The molecule has 5 nitrogen and oxygen atoms in total. The lowest BCUT2D eigenvalue weighted by Crippen LogP contribution is -2.38. The Kier molecular flexibility index (Phi) is 4.62. The minimum atomic E-state index is -0.605. The van der Waals surface area contributed by atoms with Gasteiger partial charge < -0.3 is 9.84 Å². The van der Waals surface area contributed by atoms with Crippen molar-refractivity contribution in [2.24, 2.45) is 5.41 Å². The van der Waals surface area contributed by atoms with Crippen molar-refractivity contribution in [3.8, 4) is 5.75 Å². The molecule has 0 saturated carbocycles. The van der Waals surface area contributed by atoms with Gasteiger partial charge in [0.05, 0.1) is 24.3 Å². The third-order valence-corrected chi connectivity index (χ3v) is 3.48. The number of rotatable bonds is 6. The van der Waals surface area contributed by atoms with Crippen LogP contribution in [0.4, 0.5) is 0 Å².